The minimum Gasteiger partial charge on any atom is -0.395 e. The van der Waals surface area contributed by atoms with E-state index < -0.39 is 5.79 Å². The largest absolute Gasteiger partial charge is 0.395 e. The smallest absolute Gasteiger partial charge is 0.182 e. The normalized spacial score (nSPS) is 35.2. The van der Waals surface area contributed by atoms with E-state index in [0.717, 1.165) is 6.42 Å². The molecule has 0 aromatic rings. The van der Waals surface area contributed by atoms with Crippen LogP contribution in [0.2, 0.25) is 0 Å². The van der Waals surface area contributed by atoms with Crippen molar-refractivity contribution in [3.8, 4) is 0 Å². The average molecular weight is 159 g/mol. The van der Waals surface area contributed by atoms with Crippen LogP contribution in [0, 0.1) is 0 Å². The molecule has 0 aromatic carbocycles. The van der Waals surface area contributed by atoms with E-state index in [1.807, 2.05) is 0 Å². The molecule has 64 valence electrons. The predicted molar refractivity (Wildman–Crippen MR) is 38.1 cm³/mol. The van der Waals surface area contributed by atoms with Crippen LogP contribution in [-0.4, -0.2) is 43.3 Å². The first-order valence-corrected chi connectivity index (χ1v) is 3.97. The fourth-order valence-electron chi connectivity index (χ4n) is 1.67. The third-order valence-corrected chi connectivity index (χ3v) is 2.25. The minimum atomic E-state index is -0.409. The zero-order chi connectivity index (χ0) is 7.73. The third-order valence-electron chi connectivity index (χ3n) is 2.25. The van der Waals surface area contributed by atoms with Crippen molar-refractivity contribution in [3.63, 3.8) is 0 Å². The summed E-state index contributed by atoms with van der Waals surface area (Å²) in [6.45, 7) is 2.23. The molecule has 2 saturated heterocycles. The molecule has 4 heteroatoms. The van der Waals surface area contributed by atoms with Crippen LogP contribution in [-0.2, 0) is 9.47 Å². The lowest BCUT2D eigenvalue weighted by Gasteiger charge is -2.19. The molecule has 4 nitrogen and oxygen atoms in total. The molecule has 2 rings (SSSR count). The van der Waals surface area contributed by atoms with E-state index in [1.54, 1.807) is 0 Å². The number of ether oxygens (including phenoxy) is 2. The second-order valence-corrected chi connectivity index (χ2v) is 3.07. The molecule has 2 fully saturated rings. The summed E-state index contributed by atoms with van der Waals surface area (Å²) in [7, 11) is 0. The van der Waals surface area contributed by atoms with Gasteiger partial charge in [0.1, 0.15) is 0 Å². The Kier molecular flexibility index (Phi) is 1.85. The standard InChI is InChI=1S/C7H13NO3/c9-4-6-3-7(5-8-6)10-1-2-11-7/h6,8-9H,1-5H2/t6-/m1/s1. The molecule has 0 amide bonds. The van der Waals surface area contributed by atoms with Gasteiger partial charge in [0.2, 0.25) is 0 Å². The van der Waals surface area contributed by atoms with Gasteiger partial charge in [-0.05, 0) is 0 Å². The van der Waals surface area contributed by atoms with Crippen LogP contribution < -0.4 is 5.32 Å². The Hall–Kier alpha value is -0.160. The van der Waals surface area contributed by atoms with E-state index in [-0.39, 0.29) is 12.6 Å². The monoisotopic (exact) mass is 159 g/mol. The van der Waals surface area contributed by atoms with Crippen molar-refractivity contribution in [2.24, 2.45) is 0 Å². The Morgan fingerprint density at radius 1 is 1.45 bits per heavy atom. The van der Waals surface area contributed by atoms with Crippen molar-refractivity contribution < 1.29 is 14.6 Å². The Morgan fingerprint density at radius 3 is 2.73 bits per heavy atom. The molecule has 2 N–H and O–H groups in total. The fourth-order valence-corrected chi connectivity index (χ4v) is 1.67. The van der Waals surface area contributed by atoms with Gasteiger partial charge in [-0.15, -0.1) is 0 Å². The van der Waals surface area contributed by atoms with E-state index in [1.165, 1.54) is 0 Å². The second-order valence-electron chi connectivity index (χ2n) is 3.07. The van der Waals surface area contributed by atoms with Gasteiger partial charge in [0, 0.05) is 12.5 Å². The van der Waals surface area contributed by atoms with Gasteiger partial charge >= 0.3 is 0 Å². The molecule has 0 aliphatic carbocycles. The molecule has 0 bridgehead atoms. The van der Waals surface area contributed by atoms with Gasteiger partial charge in [-0.3, -0.25) is 0 Å². The summed E-state index contributed by atoms with van der Waals surface area (Å²) in [4.78, 5) is 0. The van der Waals surface area contributed by atoms with Crippen LogP contribution in [0.3, 0.4) is 0 Å². The molecule has 0 radical (unpaired) electrons. The average Bonchev–Trinajstić information content (AvgIpc) is 2.62. The number of hydrogen-bond donors (Lipinski definition) is 2. The van der Waals surface area contributed by atoms with Crippen LogP contribution in [0.4, 0.5) is 0 Å². The summed E-state index contributed by atoms with van der Waals surface area (Å²) in [5.41, 5.74) is 0. The maximum Gasteiger partial charge on any atom is 0.182 e. The van der Waals surface area contributed by atoms with Crippen molar-refractivity contribution in [2.45, 2.75) is 18.2 Å². The summed E-state index contributed by atoms with van der Waals surface area (Å²) in [5.74, 6) is -0.409. The van der Waals surface area contributed by atoms with Crippen LogP contribution in [0.15, 0.2) is 0 Å². The second kappa shape index (κ2) is 2.71. The van der Waals surface area contributed by atoms with Crippen LogP contribution in [0.5, 0.6) is 0 Å². The summed E-state index contributed by atoms with van der Waals surface area (Å²) in [6.07, 6.45) is 0.767. The SMILES string of the molecule is OC[C@H]1CC2(CN1)OCCO2. The van der Waals surface area contributed by atoms with Crippen LogP contribution >= 0.6 is 0 Å². The predicted octanol–water partition coefficient (Wildman–Crippen LogP) is -0.916. The number of aliphatic hydroxyl groups is 1. The maximum absolute atomic E-state index is 8.84. The van der Waals surface area contributed by atoms with Gasteiger partial charge < -0.3 is 19.9 Å². The lowest BCUT2D eigenvalue weighted by Crippen LogP contribution is -2.32. The minimum absolute atomic E-state index is 0.146. The number of aliphatic hydroxyl groups excluding tert-OH is 1. The van der Waals surface area contributed by atoms with Gasteiger partial charge in [0.15, 0.2) is 5.79 Å². The molecule has 0 aromatic heterocycles. The first-order chi connectivity index (χ1) is 5.35. The Labute approximate surface area is 65.5 Å². The van der Waals surface area contributed by atoms with E-state index in [9.17, 15) is 0 Å². The quantitative estimate of drug-likeness (QED) is 0.519. The number of nitrogens with one attached hydrogen (secondary N) is 1. The Bertz CT molecular complexity index is 145. The van der Waals surface area contributed by atoms with E-state index in [2.05, 4.69) is 5.32 Å². The highest BCUT2D eigenvalue weighted by atomic mass is 16.7. The van der Waals surface area contributed by atoms with Crippen molar-refractivity contribution >= 4 is 0 Å². The molecule has 2 aliphatic rings. The summed E-state index contributed by atoms with van der Waals surface area (Å²) in [6, 6.07) is 0.146. The Morgan fingerprint density at radius 2 is 2.18 bits per heavy atom. The highest BCUT2D eigenvalue weighted by Crippen LogP contribution is 2.28. The third kappa shape index (κ3) is 1.27. The van der Waals surface area contributed by atoms with E-state index >= 15 is 0 Å². The molecule has 0 unspecified atom stereocenters. The topological polar surface area (TPSA) is 50.7 Å². The molecule has 11 heavy (non-hydrogen) atoms. The maximum atomic E-state index is 8.84. The number of hydrogen-bond acceptors (Lipinski definition) is 4. The van der Waals surface area contributed by atoms with Crippen molar-refractivity contribution in [1.82, 2.24) is 5.32 Å². The van der Waals surface area contributed by atoms with Gasteiger partial charge in [0.25, 0.3) is 0 Å². The first kappa shape index (κ1) is 7.49. The highest BCUT2D eigenvalue weighted by Gasteiger charge is 2.43. The number of rotatable bonds is 1. The molecule has 1 atom stereocenters. The molecular formula is C7H13NO3. The highest BCUT2D eigenvalue weighted by molar-refractivity contribution is 4.90. The van der Waals surface area contributed by atoms with Crippen molar-refractivity contribution in [3.05, 3.63) is 0 Å². The zero-order valence-electron chi connectivity index (χ0n) is 6.38. The van der Waals surface area contributed by atoms with Gasteiger partial charge in [-0.1, -0.05) is 0 Å². The van der Waals surface area contributed by atoms with Crippen molar-refractivity contribution in [1.29, 1.82) is 0 Å². The van der Waals surface area contributed by atoms with Crippen LogP contribution in [0.1, 0.15) is 6.42 Å². The van der Waals surface area contributed by atoms with Gasteiger partial charge in [-0.2, -0.15) is 0 Å². The zero-order valence-corrected chi connectivity index (χ0v) is 6.38. The van der Waals surface area contributed by atoms with E-state index in [4.69, 9.17) is 14.6 Å². The molecule has 1 spiro atoms. The van der Waals surface area contributed by atoms with Gasteiger partial charge in [-0.25, -0.2) is 0 Å². The molecular weight excluding hydrogens is 146 g/mol. The summed E-state index contributed by atoms with van der Waals surface area (Å²) < 4.78 is 10.9. The molecule has 2 heterocycles. The lowest BCUT2D eigenvalue weighted by molar-refractivity contribution is -0.141. The lowest BCUT2D eigenvalue weighted by atomic mass is 10.2. The molecule has 2 aliphatic heterocycles. The summed E-state index contributed by atoms with van der Waals surface area (Å²) in [5, 5.41) is 12.0. The fraction of sp³-hybridized carbons (Fsp3) is 1.00. The summed E-state index contributed by atoms with van der Waals surface area (Å²) >= 11 is 0. The van der Waals surface area contributed by atoms with Gasteiger partial charge in [0.05, 0.1) is 26.4 Å². The Balaban J connectivity index is 1.96. The van der Waals surface area contributed by atoms with Crippen LogP contribution in [0.25, 0.3) is 0 Å². The van der Waals surface area contributed by atoms with E-state index in [0.29, 0.717) is 19.8 Å². The van der Waals surface area contributed by atoms with Crippen molar-refractivity contribution in [2.75, 3.05) is 26.4 Å². The first-order valence-electron chi connectivity index (χ1n) is 3.97. The molecule has 0 saturated carbocycles.